The number of thiazole rings is 1. The van der Waals surface area contributed by atoms with Gasteiger partial charge in [0.1, 0.15) is 12.4 Å². The molecular formula is C35H33N3O6S. The molecule has 0 saturated carbocycles. The summed E-state index contributed by atoms with van der Waals surface area (Å²) in [5.74, 6) is 1.09. The molecule has 0 amide bonds. The number of carbonyl (C=O) groups is 1. The second-order valence-corrected chi connectivity index (χ2v) is 11.5. The van der Waals surface area contributed by atoms with Crippen molar-refractivity contribution in [2.24, 2.45) is 4.99 Å². The van der Waals surface area contributed by atoms with Gasteiger partial charge in [-0.1, -0.05) is 47.7 Å². The Morgan fingerprint density at radius 1 is 1.09 bits per heavy atom. The number of para-hydroxylation sites is 1. The van der Waals surface area contributed by atoms with Gasteiger partial charge in [0.05, 0.1) is 53.3 Å². The van der Waals surface area contributed by atoms with Crippen LogP contribution < -0.4 is 29.1 Å². The van der Waals surface area contributed by atoms with Gasteiger partial charge in [0.2, 0.25) is 0 Å². The van der Waals surface area contributed by atoms with Crippen LogP contribution in [0.2, 0.25) is 0 Å². The van der Waals surface area contributed by atoms with E-state index in [-0.39, 0.29) is 30.5 Å². The van der Waals surface area contributed by atoms with E-state index in [1.165, 1.54) is 15.9 Å². The van der Waals surface area contributed by atoms with E-state index in [2.05, 4.69) is 11.1 Å². The summed E-state index contributed by atoms with van der Waals surface area (Å²) in [5.41, 5.74) is 3.30. The minimum Gasteiger partial charge on any atom is -0.493 e. The number of hydrogen-bond acceptors (Lipinski definition) is 9. The molecule has 0 radical (unpaired) electrons. The fraction of sp³-hybridized carbons (Fsp3) is 0.257. The number of fused-ring (bicyclic) bond motifs is 1. The topological polar surface area (TPSA) is 112 Å². The number of hydrogen-bond donors (Lipinski definition) is 0. The number of nitrogens with zero attached hydrogens (tertiary/aromatic N) is 3. The monoisotopic (exact) mass is 623 g/mol. The van der Waals surface area contributed by atoms with Crippen LogP contribution >= 0.6 is 11.3 Å². The molecule has 1 aliphatic heterocycles. The van der Waals surface area contributed by atoms with Gasteiger partial charge in [-0.15, -0.1) is 0 Å². The highest BCUT2D eigenvalue weighted by molar-refractivity contribution is 7.07. The maximum absolute atomic E-state index is 14.1. The highest BCUT2D eigenvalue weighted by Crippen LogP contribution is 2.36. The molecule has 3 aromatic carbocycles. The Hall–Kier alpha value is -5.14. The molecule has 45 heavy (non-hydrogen) atoms. The van der Waals surface area contributed by atoms with E-state index in [1.807, 2.05) is 56.3 Å². The van der Waals surface area contributed by atoms with Crippen molar-refractivity contribution in [2.45, 2.75) is 46.4 Å². The number of methoxy groups -OCH3 is 1. The molecule has 0 aliphatic carbocycles. The molecule has 10 heteroatoms. The van der Waals surface area contributed by atoms with Crippen LogP contribution in [0.3, 0.4) is 0 Å². The summed E-state index contributed by atoms with van der Waals surface area (Å²) in [7, 11) is 1.55. The number of benzene rings is 3. The molecular weight excluding hydrogens is 590 g/mol. The average Bonchev–Trinajstić information content (AvgIpc) is 3.33. The standard InChI is InChI=1S/C35H33N3O6S/c1-6-42-34(40)31-22(4)37-35-38(32(31)26-15-16-28(44-21(2)3)29(17-26)41-5)33(39)30(45-35)18-25-9-7-8-10-27(25)43-20-24-13-11-23(19-36)12-14-24/h7-18,21,32H,6,20H2,1-5H3/b30-18+/t32-/m1/s1. The molecule has 9 nitrogen and oxygen atoms in total. The Labute approximate surface area is 264 Å². The predicted molar refractivity (Wildman–Crippen MR) is 171 cm³/mol. The van der Waals surface area contributed by atoms with Gasteiger partial charge in [0, 0.05) is 5.56 Å². The van der Waals surface area contributed by atoms with Crippen LogP contribution in [0.4, 0.5) is 0 Å². The van der Waals surface area contributed by atoms with Crippen LogP contribution in [0, 0.1) is 11.3 Å². The molecule has 0 fully saturated rings. The molecule has 0 saturated heterocycles. The summed E-state index contributed by atoms with van der Waals surface area (Å²) < 4.78 is 25.0. The number of ether oxygens (including phenoxy) is 4. The first-order valence-electron chi connectivity index (χ1n) is 14.5. The fourth-order valence-electron chi connectivity index (χ4n) is 5.02. The molecule has 0 bridgehead atoms. The number of esters is 1. The summed E-state index contributed by atoms with van der Waals surface area (Å²) in [5, 5.41) is 9.07. The summed E-state index contributed by atoms with van der Waals surface area (Å²) in [4.78, 5) is 32.6. The van der Waals surface area contributed by atoms with Crippen LogP contribution in [0.1, 0.15) is 56.0 Å². The van der Waals surface area contributed by atoms with Gasteiger partial charge in [0.25, 0.3) is 5.56 Å². The summed E-state index contributed by atoms with van der Waals surface area (Å²) in [6, 6.07) is 21.3. The first-order valence-corrected chi connectivity index (χ1v) is 15.3. The zero-order valence-corrected chi connectivity index (χ0v) is 26.5. The van der Waals surface area contributed by atoms with E-state index in [0.29, 0.717) is 49.0 Å². The number of aromatic nitrogens is 1. The second-order valence-electron chi connectivity index (χ2n) is 10.5. The zero-order valence-electron chi connectivity index (χ0n) is 25.7. The molecule has 4 aromatic rings. The highest BCUT2D eigenvalue weighted by Gasteiger charge is 2.34. The van der Waals surface area contributed by atoms with E-state index >= 15 is 0 Å². The van der Waals surface area contributed by atoms with Crippen molar-refractivity contribution in [3.05, 3.63) is 120 Å². The molecule has 0 N–H and O–H groups in total. The van der Waals surface area contributed by atoms with Crippen molar-refractivity contribution in [2.75, 3.05) is 13.7 Å². The molecule has 230 valence electrons. The van der Waals surface area contributed by atoms with Crippen molar-refractivity contribution >= 4 is 23.4 Å². The maximum atomic E-state index is 14.1. The Morgan fingerprint density at radius 2 is 1.84 bits per heavy atom. The second kappa shape index (κ2) is 13.7. The third-order valence-electron chi connectivity index (χ3n) is 7.07. The van der Waals surface area contributed by atoms with Crippen molar-refractivity contribution in [1.29, 1.82) is 5.26 Å². The van der Waals surface area contributed by atoms with Crippen LogP contribution in [-0.2, 0) is 16.1 Å². The summed E-state index contributed by atoms with van der Waals surface area (Å²) in [6.07, 6.45) is 1.70. The zero-order chi connectivity index (χ0) is 32.1. The lowest BCUT2D eigenvalue weighted by Crippen LogP contribution is -2.40. The van der Waals surface area contributed by atoms with E-state index < -0.39 is 12.0 Å². The fourth-order valence-corrected chi connectivity index (χ4v) is 6.06. The number of rotatable bonds is 10. The van der Waals surface area contributed by atoms with Gasteiger partial charge in [-0.05, 0) is 75.2 Å². The van der Waals surface area contributed by atoms with Crippen LogP contribution in [0.15, 0.2) is 87.8 Å². The number of allylic oxidation sites excluding steroid dienone is 1. The number of nitriles is 1. The number of carbonyl (C=O) groups excluding carboxylic acids is 1. The Kier molecular flexibility index (Phi) is 9.50. The Morgan fingerprint density at radius 3 is 2.53 bits per heavy atom. The maximum Gasteiger partial charge on any atom is 0.338 e. The molecule has 1 atom stereocenters. The largest absolute Gasteiger partial charge is 0.493 e. The first-order chi connectivity index (χ1) is 21.7. The third kappa shape index (κ3) is 6.69. The van der Waals surface area contributed by atoms with Crippen molar-refractivity contribution in [3.8, 4) is 23.3 Å². The van der Waals surface area contributed by atoms with Crippen LogP contribution in [-0.4, -0.2) is 30.4 Å². The summed E-state index contributed by atoms with van der Waals surface area (Å²) >= 11 is 1.23. The van der Waals surface area contributed by atoms with Gasteiger partial charge in [-0.3, -0.25) is 9.36 Å². The lowest BCUT2D eigenvalue weighted by atomic mass is 9.95. The molecule has 0 unspecified atom stereocenters. The van der Waals surface area contributed by atoms with E-state index in [4.69, 9.17) is 24.2 Å². The minimum atomic E-state index is -0.799. The van der Waals surface area contributed by atoms with E-state index in [0.717, 1.165) is 5.56 Å². The Balaban J connectivity index is 1.59. The molecule has 1 aliphatic rings. The highest BCUT2D eigenvalue weighted by atomic mass is 32.1. The van der Waals surface area contributed by atoms with Crippen molar-refractivity contribution in [3.63, 3.8) is 0 Å². The van der Waals surface area contributed by atoms with Crippen molar-refractivity contribution in [1.82, 2.24) is 4.57 Å². The normalized spacial score (nSPS) is 14.4. The SMILES string of the molecule is CCOC(=O)C1=C(C)N=c2s/c(=C/c3ccccc3OCc3ccc(C#N)cc3)c(=O)n2[C@@H]1c1ccc(OC(C)C)c(OC)c1. The van der Waals surface area contributed by atoms with Gasteiger partial charge in [-0.2, -0.15) is 5.26 Å². The third-order valence-corrected chi connectivity index (χ3v) is 8.05. The van der Waals surface area contributed by atoms with Gasteiger partial charge in [-0.25, -0.2) is 9.79 Å². The molecule has 0 spiro atoms. The minimum absolute atomic E-state index is 0.0735. The lowest BCUT2D eigenvalue weighted by molar-refractivity contribution is -0.139. The van der Waals surface area contributed by atoms with Gasteiger partial charge >= 0.3 is 5.97 Å². The van der Waals surface area contributed by atoms with Crippen molar-refractivity contribution < 1.29 is 23.7 Å². The average molecular weight is 624 g/mol. The Bertz CT molecular complexity index is 1980. The predicted octanol–water partition coefficient (Wildman–Crippen LogP) is 5.04. The van der Waals surface area contributed by atoms with Crippen LogP contribution in [0.25, 0.3) is 6.08 Å². The van der Waals surface area contributed by atoms with E-state index in [1.54, 1.807) is 51.3 Å². The van der Waals surface area contributed by atoms with E-state index in [9.17, 15) is 9.59 Å². The molecule has 2 heterocycles. The smallest absolute Gasteiger partial charge is 0.338 e. The first kappa shape index (κ1) is 31.3. The quantitative estimate of drug-likeness (QED) is 0.228. The van der Waals surface area contributed by atoms with Crippen LogP contribution in [0.5, 0.6) is 17.2 Å². The van der Waals surface area contributed by atoms with Gasteiger partial charge < -0.3 is 18.9 Å². The molecule has 5 rings (SSSR count). The van der Waals surface area contributed by atoms with Gasteiger partial charge in [0.15, 0.2) is 16.3 Å². The summed E-state index contributed by atoms with van der Waals surface area (Å²) in [6.45, 7) is 7.80. The lowest BCUT2D eigenvalue weighted by Gasteiger charge is -2.25. The molecule has 1 aromatic heterocycles.